The normalized spacial score (nSPS) is 13.3. The monoisotopic (exact) mass is 277 g/mol. The second-order valence-electron chi connectivity index (χ2n) is 4.48. The number of nitrogens with one attached hydrogen (secondary N) is 1. The summed E-state index contributed by atoms with van der Waals surface area (Å²) in [5, 5.41) is 3.03. The molecule has 1 aromatic rings. The highest BCUT2D eigenvalue weighted by Crippen LogP contribution is 2.21. The van der Waals surface area contributed by atoms with Gasteiger partial charge >= 0.3 is 5.97 Å². The van der Waals surface area contributed by atoms with Crippen LogP contribution >= 0.6 is 0 Å². The Bertz CT molecular complexity index is 458. The minimum absolute atomic E-state index is 0.0949. The van der Waals surface area contributed by atoms with Crippen molar-refractivity contribution >= 4 is 18.0 Å². The van der Waals surface area contributed by atoms with E-state index < -0.39 is 17.9 Å². The molecule has 1 rings (SSSR count). The number of benzene rings is 1. The van der Waals surface area contributed by atoms with Gasteiger partial charge in [0.25, 0.3) is 0 Å². The molecule has 0 saturated heterocycles. The van der Waals surface area contributed by atoms with Crippen molar-refractivity contribution in [3.05, 3.63) is 35.9 Å². The smallest absolute Gasteiger partial charge is 0.313 e. The predicted octanol–water partition coefficient (Wildman–Crippen LogP) is 1.43. The Balaban J connectivity index is 2.73. The third-order valence-electron chi connectivity index (χ3n) is 2.95. The van der Waals surface area contributed by atoms with E-state index in [2.05, 4.69) is 5.32 Å². The first-order chi connectivity index (χ1) is 9.58. The lowest BCUT2D eigenvalue weighted by Gasteiger charge is -2.24. The van der Waals surface area contributed by atoms with Crippen molar-refractivity contribution in [3.8, 4) is 0 Å². The first-order valence-corrected chi connectivity index (χ1v) is 6.45. The zero-order valence-electron chi connectivity index (χ0n) is 11.7. The summed E-state index contributed by atoms with van der Waals surface area (Å²) in [5.41, 5.74) is 0.852. The van der Waals surface area contributed by atoms with E-state index in [4.69, 9.17) is 4.74 Å². The van der Waals surface area contributed by atoms with Gasteiger partial charge in [0, 0.05) is 6.04 Å². The topological polar surface area (TPSA) is 72.5 Å². The number of likely N-dealkylation sites (N-methyl/N-ethyl adjacent to an activating group) is 1. The van der Waals surface area contributed by atoms with Crippen molar-refractivity contribution in [3.63, 3.8) is 0 Å². The third-order valence-corrected chi connectivity index (χ3v) is 2.95. The summed E-state index contributed by atoms with van der Waals surface area (Å²) in [5.74, 6) is -1.05. The van der Waals surface area contributed by atoms with Crippen molar-refractivity contribution in [1.29, 1.82) is 0 Å². The molecule has 0 unspecified atom stereocenters. The molecule has 0 aliphatic heterocycles. The standard InChI is InChI=1S/C15H19NO4/c1-11(16-2)15(12-6-4-3-5-7-12)20-14(19)10-13(18)8-9-17/h3-7,9,11,15-16H,8,10H2,1-2H3/t11-,15+/m0/s1. The molecule has 0 spiro atoms. The maximum Gasteiger partial charge on any atom is 0.313 e. The molecule has 0 radical (unpaired) electrons. The van der Waals surface area contributed by atoms with Crippen LogP contribution < -0.4 is 5.32 Å². The molecule has 5 nitrogen and oxygen atoms in total. The zero-order valence-corrected chi connectivity index (χ0v) is 11.7. The number of hydrogen-bond donors (Lipinski definition) is 1. The van der Waals surface area contributed by atoms with Gasteiger partial charge in [-0.25, -0.2) is 0 Å². The van der Waals surface area contributed by atoms with Crippen molar-refractivity contribution in [2.24, 2.45) is 0 Å². The van der Waals surface area contributed by atoms with Gasteiger partial charge in [0.05, 0.1) is 6.42 Å². The van der Waals surface area contributed by atoms with Crippen LogP contribution in [0.5, 0.6) is 0 Å². The van der Waals surface area contributed by atoms with Gasteiger partial charge in [-0.2, -0.15) is 0 Å². The quantitative estimate of drug-likeness (QED) is 0.442. The van der Waals surface area contributed by atoms with Crippen LogP contribution in [0.3, 0.4) is 0 Å². The summed E-state index contributed by atoms with van der Waals surface area (Å²) in [6.45, 7) is 1.89. The molecule has 0 heterocycles. The number of aldehydes is 1. The predicted molar refractivity (Wildman–Crippen MR) is 74.1 cm³/mol. The fourth-order valence-electron chi connectivity index (χ4n) is 1.76. The van der Waals surface area contributed by atoms with Crippen LogP contribution in [0.1, 0.15) is 31.4 Å². The molecule has 0 amide bonds. The SMILES string of the molecule is CN[C@@H](C)[C@@H](OC(=O)CC(=O)CC=O)c1ccccc1. The van der Waals surface area contributed by atoms with Crippen molar-refractivity contribution < 1.29 is 19.1 Å². The average molecular weight is 277 g/mol. The molecule has 1 aromatic carbocycles. The largest absolute Gasteiger partial charge is 0.455 e. The number of ether oxygens (including phenoxy) is 1. The summed E-state index contributed by atoms with van der Waals surface area (Å²) in [6.07, 6.45) is -0.621. The fraction of sp³-hybridized carbons (Fsp3) is 0.400. The number of carbonyl (C=O) groups excluding carboxylic acids is 3. The van der Waals surface area contributed by atoms with Gasteiger partial charge in [-0.3, -0.25) is 9.59 Å². The number of carbonyl (C=O) groups is 3. The number of rotatable bonds is 8. The van der Waals surface area contributed by atoms with E-state index in [1.54, 1.807) is 7.05 Å². The van der Waals surface area contributed by atoms with Gasteiger partial charge in [-0.05, 0) is 19.5 Å². The Morgan fingerprint density at radius 1 is 1.30 bits per heavy atom. The molecule has 1 N–H and O–H groups in total. The zero-order chi connectivity index (χ0) is 15.0. The first kappa shape index (κ1) is 16.0. The third kappa shape index (κ3) is 4.93. The van der Waals surface area contributed by atoms with Crippen molar-refractivity contribution in [2.75, 3.05) is 7.05 Å². The van der Waals surface area contributed by atoms with Gasteiger partial charge in [0.2, 0.25) is 0 Å². The van der Waals surface area contributed by atoms with Crippen LogP contribution in [0.25, 0.3) is 0 Å². The summed E-state index contributed by atoms with van der Waals surface area (Å²) >= 11 is 0. The van der Waals surface area contributed by atoms with Gasteiger partial charge in [0.15, 0.2) is 5.78 Å². The molecule has 0 fully saturated rings. The maximum absolute atomic E-state index is 11.7. The highest BCUT2D eigenvalue weighted by Gasteiger charge is 2.23. The molecule has 0 aliphatic carbocycles. The van der Waals surface area contributed by atoms with Crippen molar-refractivity contribution in [1.82, 2.24) is 5.32 Å². The van der Waals surface area contributed by atoms with Crippen LogP contribution in [0.2, 0.25) is 0 Å². The first-order valence-electron chi connectivity index (χ1n) is 6.45. The Morgan fingerprint density at radius 3 is 2.50 bits per heavy atom. The van der Waals surface area contributed by atoms with Gasteiger partial charge in [-0.15, -0.1) is 0 Å². The van der Waals surface area contributed by atoms with E-state index in [0.29, 0.717) is 6.29 Å². The number of Topliss-reactive ketones (excluding diaryl/α,β-unsaturated/α-hetero) is 1. The van der Waals surface area contributed by atoms with Crippen LogP contribution in [-0.4, -0.2) is 31.1 Å². The minimum atomic E-state index is -0.618. The lowest BCUT2D eigenvalue weighted by Crippen LogP contribution is -2.32. The summed E-state index contributed by atoms with van der Waals surface area (Å²) in [6, 6.07) is 9.21. The minimum Gasteiger partial charge on any atom is -0.455 e. The lowest BCUT2D eigenvalue weighted by molar-refractivity contribution is -0.152. The molecule has 108 valence electrons. The van der Waals surface area contributed by atoms with Crippen LogP contribution in [0, 0.1) is 0 Å². The lowest BCUT2D eigenvalue weighted by atomic mass is 10.0. The molecular formula is C15H19NO4. The van der Waals surface area contributed by atoms with Crippen LogP contribution in [0.15, 0.2) is 30.3 Å². The van der Waals surface area contributed by atoms with E-state index in [0.717, 1.165) is 5.56 Å². The Morgan fingerprint density at radius 2 is 1.95 bits per heavy atom. The Kier molecular flexibility index (Phi) is 6.59. The van der Waals surface area contributed by atoms with Crippen LogP contribution in [-0.2, 0) is 19.1 Å². The van der Waals surface area contributed by atoms with E-state index in [-0.39, 0.29) is 18.9 Å². The molecule has 0 bridgehead atoms. The molecule has 0 aromatic heterocycles. The summed E-state index contributed by atoms with van der Waals surface area (Å²) in [4.78, 5) is 33.2. The second-order valence-corrected chi connectivity index (χ2v) is 4.48. The highest BCUT2D eigenvalue weighted by molar-refractivity contribution is 6.00. The highest BCUT2D eigenvalue weighted by atomic mass is 16.5. The van der Waals surface area contributed by atoms with E-state index in [1.807, 2.05) is 37.3 Å². The summed E-state index contributed by atoms with van der Waals surface area (Å²) < 4.78 is 5.37. The number of ketones is 1. The van der Waals surface area contributed by atoms with E-state index >= 15 is 0 Å². The van der Waals surface area contributed by atoms with E-state index in [1.165, 1.54) is 0 Å². The molecule has 5 heteroatoms. The molecule has 0 aliphatic rings. The van der Waals surface area contributed by atoms with Crippen molar-refractivity contribution in [2.45, 2.75) is 31.9 Å². The van der Waals surface area contributed by atoms with Gasteiger partial charge in [-0.1, -0.05) is 30.3 Å². The second kappa shape index (κ2) is 8.22. The molecule has 2 atom stereocenters. The van der Waals surface area contributed by atoms with Crippen LogP contribution in [0.4, 0.5) is 0 Å². The molecule has 20 heavy (non-hydrogen) atoms. The van der Waals surface area contributed by atoms with Gasteiger partial charge in [0.1, 0.15) is 18.8 Å². The Labute approximate surface area is 118 Å². The summed E-state index contributed by atoms with van der Waals surface area (Å²) in [7, 11) is 1.77. The maximum atomic E-state index is 11.7. The fourth-order valence-corrected chi connectivity index (χ4v) is 1.76. The molecule has 0 saturated carbocycles. The molecular weight excluding hydrogens is 258 g/mol. The number of esters is 1. The average Bonchev–Trinajstić information content (AvgIpc) is 2.45. The number of hydrogen-bond acceptors (Lipinski definition) is 5. The van der Waals surface area contributed by atoms with E-state index in [9.17, 15) is 14.4 Å². The van der Waals surface area contributed by atoms with Gasteiger partial charge < -0.3 is 14.8 Å². The Hall–Kier alpha value is -2.01.